The van der Waals surface area contributed by atoms with Crippen LogP contribution in [-0.2, 0) is 7.05 Å². The van der Waals surface area contributed by atoms with Crippen LogP contribution in [0.4, 0.5) is 0 Å². The van der Waals surface area contributed by atoms with E-state index < -0.39 is 0 Å². The van der Waals surface area contributed by atoms with Crippen LogP contribution in [0.25, 0.3) is 11.3 Å². The molecule has 0 fully saturated rings. The second-order valence-corrected chi connectivity index (χ2v) is 5.74. The molecule has 4 nitrogen and oxygen atoms in total. The summed E-state index contributed by atoms with van der Waals surface area (Å²) in [6.45, 7) is 3.92. The normalized spacial score (nSPS) is 12.1. The van der Waals surface area contributed by atoms with Gasteiger partial charge in [0.15, 0.2) is 0 Å². The van der Waals surface area contributed by atoms with Crippen molar-refractivity contribution >= 4 is 0 Å². The molecule has 0 saturated carbocycles. The molecule has 1 N–H and O–H groups in total. The molecule has 1 aromatic heterocycles. The molecule has 0 aliphatic rings. The zero-order chi connectivity index (χ0) is 16.4. The lowest BCUT2D eigenvalue weighted by Gasteiger charge is -2.18. The van der Waals surface area contributed by atoms with Crippen molar-refractivity contribution in [1.29, 1.82) is 0 Å². The highest BCUT2D eigenvalue weighted by Gasteiger charge is 2.17. The fourth-order valence-corrected chi connectivity index (χ4v) is 2.88. The molecule has 0 aliphatic heterocycles. The summed E-state index contributed by atoms with van der Waals surface area (Å²) in [6.07, 6.45) is 0. The Morgan fingerprint density at radius 1 is 0.957 bits per heavy atom. The highest BCUT2D eigenvalue weighted by molar-refractivity contribution is 5.62. The van der Waals surface area contributed by atoms with Gasteiger partial charge in [-0.1, -0.05) is 60.7 Å². The summed E-state index contributed by atoms with van der Waals surface area (Å²) in [7, 11) is 1.90. The second kappa shape index (κ2) is 6.16. The molecular weight excluding hydrogens is 286 g/mol. The average Bonchev–Trinajstić information content (AvgIpc) is 2.80. The van der Waals surface area contributed by atoms with Gasteiger partial charge in [0.2, 0.25) is 0 Å². The van der Waals surface area contributed by atoms with E-state index in [1.807, 2.05) is 74.1 Å². The molecule has 0 bridgehead atoms. The van der Waals surface area contributed by atoms with E-state index in [2.05, 4.69) is 17.6 Å². The Morgan fingerprint density at radius 3 is 2.13 bits per heavy atom. The van der Waals surface area contributed by atoms with Gasteiger partial charge in [0.05, 0.1) is 11.7 Å². The van der Waals surface area contributed by atoms with Gasteiger partial charge < -0.3 is 5.43 Å². The summed E-state index contributed by atoms with van der Waals surface area (Å²) in [5.74, 6) is 0. The Kier molecular flexibility index (Phi) is 4.06. The van der Waals surface area contributed by atoms with Crippen LogP contribution >= 0.6 is 0 Å². The quantitative estimate of drug-likeness (QED) is 0.801. The fraction of sp³-hybridized carbons (Fsp3) is 0.211. The number of aromatic nitrogens is 2. The summed E-state index contributed by atoms with van der Waals surface area (Å²) in [5.41, 5.74) is 7.13. The van der Waals surface area contributed by atoms with Crippen molar-refractivity contribution in [3.8, 4) is 11.3 Å². The first-order chi connectivity index (χ1) is 11.1. The molecule has 1 heterocycles. The van der Waals surface area contributed by atoms with Crippen LogP contribution in [0.5, 0.6) is 0 Å². The standard InChI is InChI=1S/C19H21N3O/c1-14-18(17-12-8-5-9-13-17)21(3)22(19(14)23)20-15(2)16-10-6-4-7-11-16/h4-13,15,20H,1-3H3. The van der Waals surface area contributed by atoms with Gasteiger partial charge in [0, 0.05) is 18.2 Å². The maximum Gasteiger partial charge on any atom is 0.289 e. The monoisotopic (exact) mass is 307 g/mol. The highest BCUT2D eigenvalue weighted by Crippen LogP contribution is 2.21. The van der Waals surface area contributed by atoms with Crippen LogP contribution in [-0.4, -0.2) is 9.47 Å². The fourth-order valence-electron chi connectivity index (χ4n) is 2.88. The van der Waals surface area contributed by atoms with Gasteiger partial charge in [-0.05, 0) is 19.4 Å². The van der Waals surface area contributed by atoms with Crippen LogP contribution in [0.15, 0.2) is 65.5 Å². The first-order valence-electron chi connectivity index (χ1n) is 7.75. The third-order valence-corrected chi connectivity index (χ3v) is 4.15. The van der Waals surface area contributed by atoms with Crippen LogP contribution in [0.2, 0.25) is 0 Å². The van der Waals surface area contributed by atoms with Crippen molar-refractivity contribution in [2.75, 3.05) is 5.43 Å². The maximum atomic E-state index is 12.6. The summed E-state index contributed by atoms with van der Waals surface area (Å²) in [5, 5.41) is 0. The first-order valence-corrected chi connectivity index (χ1v) is 7.75. The van der Waals surface area contributed by atoms with Gasteiger partial charge in [-0.25, -0.2) is 0 Å². The predicted molar refractivity (Wildman–Crippen MR) is 94.1 cm³/mol. The van der Waals surface area contributed by atoms with E-state index in [0.717, 1.165) is 22.4 Å². The summed E-state index contributed by atoms with van der Waals surface area (Å²) >= 11 is 0. The molecule has 118 valence electrons. The molecular formula is C19H21N3O. The molecule has 0 aliphatic carbocycles. The predicted octanol–water partition coefficient (Wildman–Crippen LogP) is 3.47. The Balaban J connectivity index is 2.00. The lowest BCUT2D eigenvalue weighted by Crippen LogP contribution is -2.33. The Bertz CT molecular complexity index is 848. The van der Waals surface area contributed by atoms with E-state index >= 15 is 0 Å². The highest BCUT2D eigenvalue weighted by atomic mass is 16.1. The molecule has 0 saturated heterocycles. The van der Waals surface area contributed by atoms with Crippen molar-refractivity contribution in [2.24, 2.45) is 7.05 Å². The van der Waals surface area contributed by atoms with E-state index in [0.29, 0.717) is 0 Å². The lowest BCUT2D eigenvalue weighted by molar-refractivity contribution is 0.544. The van der Waals surface area contributed by atoms with E-state index in [4.69, 9.17) is 0 Å². The molecule has 3 aromatic rings. The van der Waals surface area contributed by atoms with E-state index in [9.17, 15) is 4.79 Å². The van der Waals surface area contributed by atoms with Crippen LogP contribution < -0.4 is 11.0 Å². The number of nitrogens with one attached hydrogen (secondary N) is 1. The van der Waals surface area contributed by atoms with Crippen molar-refractivity contribution < 1.29 is 0 Å². The van der Waals surface area contributed by atoms with E-state index in [-0.39, 0.29) is 11.6 Å². The Morgan fingerprint density at radius 2 is 1.52 bits per heavy atom. The van der Waals surface area contributed by atoms with Crippen LogP contribution in [0.3, 0.4) is 0 Å². The van der Waals surface area contributed by atoms with E-state index in [1.54, 1.807) is 4.79 Å². The zero-order valence-corrected chi connectivity index (χ0v) is 13.7. The van der Waals surface area contributed by atoms with Gasteiger partial charge in [-0.2, -0.15) is 4.79 Å². The molecule has 0 amide bonds. The lowest BCUT2D eigenvalue weighted by atomic mass is 10.1. The summed E-state index contributed by atoms with van der Waals surface area (Å²) in [4.78, 5) is 14.2. The number of rotatable bonds is 4. The zero-order valence-electron chi connectivity index (χ0n) is 13.7. The minimum atomic E-state index is -0.0193. The third-order valence-electron chi connectivity index (χ3n) is 4.15. The molecule has 1 unspecified atom stereocenters. The van der Waals surface area contributed by atoms with Crippen molar-refractivity contribution in [3.63, 3.8) is 0 Å². The van der Waals surface area contributed by atoms with Crippen molar-refractivity contribution in [1.82, 2.24) is 9.47 Å². The molecule has 23 heavy (non-hydrogen) atoms. The SMILES string of the molecule is Cc1c(-c2ccccc2)n(C)n(NC(C)c2ccccc2)c1=O. The average molecular weight is 307 g/mol. The third kappa shape index (κ3) is 2.80. The molecule has 1 atom stereocenters. The topological polar surface area (TPSA) is 39.0 Å². The number of benzene rings is 2. The Labute approximate surface area is 136 Å². The second-order valence-electron chi connectivity index (χ2n) is 5.74. The van der Waals surface area contributed by atoms with Crippen LogP contribution in [0.1, 0.15) is 24.1 Å². The number of nitrogens with zero attached hydrogens (tertiary/aromatic N) is 2. The van der Waals surface area contributed by atoms with Gasteiger partial charge >= 0.3 is 0 Å². The number of hydrogen-bond donors (Lipinski definition) is 1. The van der Waals surface area contributed by atoms with Crippen molar-refractivity contribution in [3.05, 3.63) is 82.1 Å². The smallest absolute Gasteiger partial charge is 0.289 e. The van der Waals surface area contributed by atoms with Gasteiger partial charge in [-0.3, -0.25) is 9.48 Å². The van der Waals surface area contributed by atoms with E-state index in [1.165, 1.54) is 0 Å². The largest absolute Gasteiger partial charge is 0.301 e. The minimum absolute atomic E-state index is 0.0193. The van der Waals surface area contributed by atoms with Gasteiger partial charge in [0.1, 0.15) is 0 Å². The van der Waals surface area contributed by atoms with Crippen LogP contribution in [0, 0.1) is 6.92 Å². The van der Waals surface area contributed by atoms with Crippen molar-refractivity contribution in [2.45, 2.75) is 19.9 Å². The number of hydrogen-bond acceptors (Lipinski definition) is 2. The first kappa shape index (κ1) is 15.2. The molecule has 4 heteroatoms. The molecule has 2 aromatic carbocycles. The Hall–Kier alpha value is -2.75. The van der Waals surface area contributed by atoms with Gasteiger partial charge in [0.25, 0.3) is 5.56 Å². The minimum Gasteiger partial charge on any atom is -0.301 e. The molecule has 3 rings (SSSR count). The summed E-state index contributed by atoms with van der Waals surface area (Å²) in [6, 6.07) is 20.1. The molecule has 0 spiro atoms. The van der Waals surface area contributed by atoms with Gasteiger partial charge in [-0.15, -0.1) is 0 Å². The maximum absolute atomic E-state index is 12.6. The summed E-state index contributed by atoms with van der Waals surface area (Å²) < 4.78 is 1.88. The molecule has 0 radical (unpaired) electrons.